The quantitative estimate of drug-likeness (QED) is 0.0673. The van der Waals surface area contributed by atoms with E-state index in [9.17, 15) is 30.4 Å². The van der Waals surface area contributed by atoms with Crippen LogP contribution in [0.15, 0.2) is 243 Å². The van der Waals surface area contributed by atoms with Crippen molar-refractivity contribution >= 4 is 99.7 Å². The Bertz CT molecular complexity index is 6820. The van der Waals surface area contributed by atoms with Gasteiger partial charge >= 0.3 is 54.5 Å². The van der Waals surface area contributed by atoms with Crippen LogP contribution in [0.2, 0.25) is 0 Å². The van der Waals surface area contributed by atoms with Gasteiger partial charge in [-0.15, -0.1) is 22.7 Å². The van der Waals surface area contributed by atoms with Crippen LogP contribution in [0.4, 0.5) is 39.5 Å². The number of benzene rings is 12. The molecule has 7 aliphatic rings. The summed E-state index contributed by atoms with van der Waals surface area (Å²) in [6.07, 6.45) is -7.05. The predicted octanol–water partition coefficient (Wildman–Crippen LogP) is 23.8. The normalized spacial score (nSPS) is 21.4. The van der Waals surface area contributed by atoms with Crippen LogP contribution in [0.1, 0.15) is 125 Å². The highest BCUT2D eigenvalue weighted by molar-refractivity contribution is 7.88. The van der Waals surface area contributed by atoms with Crippen LogP contribution in [0.5, 0.6) is 5.75 Å². The van der Waals surface area contributed by atoms with Crippen molar-refractivity contribution in [3.63, 3.8) is 0 Å². The van der Waals surface area contributed by atoms with Gasteiger partial charge in [-0.2, -0.15) is 47.9 Å². The summed E-state index contributed by atoms with van der Waals surface area (Å²) in [6, 6.07) is 78.9. The van der Waals surface area contributed by atoms with E-state index in [1.54, 1.807) is 47.7 Å². The lowest BCUT2D eigenvalue weighted by Crippen LogP contribution is -2.63. The number of halogens is 9. The van der Waals surface area contributed by atoms with E-state index in [1.165, 1.54) is 43.6 Å². The minimum Gasteiger partial charge on any atom is -0.405 e. The minimum atomic E-state index is -7.58. The zero-order chi connectivity index (χ0) is 83.1. The van der Waals surface area contributed by atoms with Gasteiger partial charge in [0.1, 0.15) is 5.60 Å². The van der Waals surface area contributed by atoms with Gasteiger partial charge in [0.2, 0.25) is 0 Å². The summed E-state index contributed by atoms with van der Waals surface area (Å²) in [6.45, 7) is 20.2. The Balaban J connectivity index is 0.707. The molecule has 0 radical (unpaired) electrons. The summed E-state index contributed by atoms with van der Waals surface area (Å²) >= 11 is 3.16. The van der Waals surface area contributed by atoms with Crippen LogP contribution in [-0.4, -0.2) is 80.8 Å². The second-order valence-electron chi connectivity index (χ2n) is 34.7. The average molecular weight is 1660 g/mol. The van der Waals surface area contributed by atoms with Crippen LogP contribution in [0.25, 0.3) is 107 Å². The van der Waals surface area contributed by atoms with Gasteiger partial charge in [-0.25, -0.2) is 0 Å². The smallest absolute Gasteiger partial charge is 0.405 e. The van der Waals surface area contributed by atoms with Gasteiger partial charge in [-0.1, -0.05) is 188 Å². The SMILES string of the molecule is CC1(C)OB(B2OC(C)(Cc3cccc4c3-c3ccccc3C43c4ccccc4-c4cc(-c5ccc6sc7ccccc7c6c5)c(B5OC(C)(C)C(C)(C)O5)cc43)C(C)(c3ccc4c(c3)sc3ccc(-c5cc6c(cc5OS(=O)(=O)C(F)(F)C(F)(F)C(F)(F)C(F)(F)F)C5(c7ccccc7-c7ccccc75)c5ccccc5-6)cc34)O2)OC1(C)C. The second-order valence-corrected chi connectivity index (χ2v) is 38.5. The highest BCUT2D eigenvalue weighted by atomic mass is 32.2. The molecule has 12 aromatic carbocycles. The average Bonchev–Trinajstić information content (AvgIpc) is 1.51. The van der Waals surface area contributed by atoms with E-state index in [0.717, 1.165) is 88.6 Å². The van der Waals surface area contributed by atoms with E-state index in [0.29, 0.717) is 48.9 Å². The molecule has 14 aromatic rings. The molecule has 0 amide bonds. The molecule has 3 saturated heterocycles. The molecule has 596 valence electrons. The highest BCUT2D eigenvalue weighted by Gasteiger charge is 2.86. The third-order valence-electron chi connectivity index (χ3n) is 27.4. The van der Waals surface area contributed by atoms with Crippen LogP contribution in [0, 0.1) is 0 Å². The van der Waals surface area contributed by atoms with Crippen LogP contribution in [-0.2, 0) is 60.9 Å². The standard InChI is InChI=1S/C95H72B3F9O9S3/c1-84(2)85(3,4)112-96(111-84)77-49-75-65(47-63(77)52-38-42-80-67(44-52)60-29-16-22-37-79(60)117-80)58-27-14-20-34-72(58)91(75)73-35-21-15-30-62(73)83-54(24-23-36-74(83)91)51-88(9)89(10,116-98(115-88)97-113-86(5,6)87(7,8)114-97)55-40-41-61-68-45-53(39-43-81(68)118-82(61)46-55)64-48-66-59-28-13-19-33-71(59)90(69-31-17-11-25-56(69)57-26-12-18-32-70(57)90)76(66)50-78(64)110-119(108,109)95(106,107)93(101,102)92(99,100)94(103,104)105/h11-50H,51H2,1-10H3. The van der Waals surface area contributed by atoms with Crippen molar-refractivity contribution in [3.05, 3.63) is 298 Å². The number of hydrogen-bond acceptors (Lipinski definition) is 11. The first kappa shape index (κ1) is 76.5. The molecule has 3 unspecified atom stereocenters. The topological polar surface area (TPSA) is 98.8 Å². The zero-order valence-electron chi connectivity index (χ0n) is 65.8. The van der Waals surface area contributed by atoms with Gasteiger partial charge in [0.05, 0.1) is 38.8 Å². The van der Waals surface area contributed by atoms with Crippen molar-refractivity contribution in [2.75, 3.05) is 0 Å². The van der Waals surface area contributed by atoms with Crippen molar-refractivity contribution in [2.45, 2.75) is 143 Å². The van der Waals surface area contributed by atoms with Crippen molar-refractivity contribution in [3.8, 4) is 72.5 Å². The second kappa shape index (κ2) is 24.9. The molecule has 2 aromatic heterocycles. The van der Waals surface area contributed by atoms with Gasteiger partial charge in [-0.05, 0) is 246 Å². The Hall–Kier alpha value is -9.85. The maximum Gasteiger partial charge on any atom is 0.495 e. The molecule has 119 heavy (non-hydrogen) atoms. The zero-order valence-corrected chi connectivity index (χ0v) is 68.3. The predicted molar refractivity (Wildman–Crippen MR) is 452 cm³/mol. The Kier molecular flexibility index (Phi) is 16.0. The molecule has 3 fully saturated rings. The summed E-state index contributed by atoms with van der Waals surface area (Å²) in [5.74, 6) is -16.2. The lowest BCUT2D eigenvalue weighted by atomic mass is 9.49. The van der Waals surface area contributed by atoms with Crippen molar-refractivity contribution < 1.29 is 80.0 Å². The number of thiophene rings is 2. The molecule has 0 bridgehead atoms. The first-order valence-electron chi connectivity index (χ1n) is 39.4. The summed E-state index contributed by atoms with van der Waals surface area (Å²) in [5, 5.41) is -3.63. The monoisotopic (exact) mass is 1660 g/mol. The molecule has 5 heterocycles. The van der Waals surface area contributed by atoms with Gasteiger partial charge < -0.3 is 32.1 Å². The fourth-order valence-corrected chi connectivity index (χ4v) is 23.1. The summed E-state index contributed by atoms with van der Waals surface area (Å²) in [7, 11) is -10.4. The Morgan fingerprint density at radius 2 is 0.798 bits per heavy atom. The van der Waals surface area contributed by atoms with Crippen LogP contribution >= 0.6 is 22.7 Å². The number of hydrogen-bond donors (Lipinski definition) is 0. The van der Waals surface area contributed by atoms with E-state index < -0.39 is 105 Å². The summed E-state index contributed by atoms with van der Waals surface area (Å²) in [4.78, 5) is 0. The maximum atomic E-state index is 16.2. The van der Waals surface area contributed by atoms with Crippen molar-refractivity contribution in [1.82, 2.24) is 0 Å². The lowest BCUT2D eigenvalue weighted by Gasteiger charge is -2.40. The molecule has 21 rings (SSSR count). The highest BCUT2D eigenvalue weighted by Crippen LogP contribution is 2.68. The number of fused-ring (bicyclic) bond motifs is 26. The lowest BCUT2D eigenvalue weighted by molar-refractivity contribution is -0.382. The molecule has 0 N–H and O–H groups in total. The number of rotatable bonds is 12. The van der Waals surface area contributed by atoms with Crippen LogP contribution < -0.4 is 9.65 Å². The largest absolute Gasteiger partial charge is 0.495 e. The van der Waals surface area contributed by atoms with Gasteiger partial charge in [0, 0.05) is 52.3 Å². The van der Waals surface area contributed by atoms with E-state index in [-0.39, 0.29) is 23.1 Å². The fourth-order valence-electron chi connectivity index (χ4n) is 19.9. The van der Waals surface area contributed by atoms with E-state index >= 15 is 17.6 Å². The van der Waals surface area contributed by atoms with Gasteiger partial charge in [-0.3, -0.25) is 0 Å². The number of alkyl halides is 9. The van der Waals surface area contributed by atoms with Crippen molar-refractivity contribution in [1.29, 1.82) is 0 Å². The maximum absolute atomic E-state index is 16.2. The Morgan fingerprint density at radius 3 is 1.36 bits per heavy atom. The molecule has 9 nitrogen and oxygen atoms in total. The van der Waals surface area contributed by atoms with Crippen LogP contribution in [0.3, 0.4) is 0 Å². The molecule has 3 aliphatic heterocycles. The molecular formula is C95H72B3F9O9S3. The third kappa shape index (κ3) is 10.2. The summed E-state index contributed by atoms with van der Waals surface area (Å²) in [5.41, 5.74) is 9.99. The van der Waals surface area contributed by atoms with Gasteiger partial charge in [0.25, 0.3) is 0 Å². The minimum absolute atomic E-state index is 0.0762. The first-order valence-corrected chi connectivity index (χ1v) is 42.4. The molecule has 3 atom stereocenters. The molecule has 0 saturated carbocycles. The van der Waals surface area contributed by atoms with E-state index in [4.69, 9.17) is 32.1 Å². The third-order valence-corrected chi connectivity index (χ3v) is 31.0. The van der Waals surface area contributed by atoms with E-state index in [2.05, 4.69) is 149 Å². The Morgan fingerprint density at radius 1 is 0.361 bits per heavy atom. The Labute approximate surface area is 689 Å². The molecular weight excluding hydrogens is 1580 g/mol. The van der Waals surface area contributed by atoms with E-state index in [1.807, 2.05) is 108 Å². The summed E-state index contributed by atoms with van der Waals surface area (Å²) < 4.78 is 214. The first-order chi connectivity index (χ1) is 56.3. The fraction of sp³-hybridized carbons (Fsp3) is 0.242. The molecule has 24 heteroatoms. The molecule has 2 spiro atoms. The van der Waals surface area contributed by atoms with Crippen molar-refractivity contribution in [2.24, 2.45) is 0 Å². The molecule has 4 aliphatic carbocycles. The van der Waals surface area contributed by atoms with Gasteiger partial charge in [0.15, 0.2) is 5.75 Å².